The summed E-state index contributed by atoms with van der Waals surface area (Å²) in [6.07, 6.45) is 5.49. The molecular weight excluding hydrogens is 438 g/mol. The van der Waals surface area contributed by atoms with E-state index in [0.29, 0.717) is 10.1 Å². The van der Waals surface area contributed by atoms with Crippen LogP contribution in [-0.2, 0) is 0 Å². The Morgan fingerprint density at radius 1 is 0.969 bits per heavy atom. The average molecular weight is 460 g/mol. The molecule has 1 N–H and O–H groups in total. The van der Waals surface area contributed by atoms with Crippen molar-refractivity contribution in [2.75, 3.05) is 4.90 Å². The summed E-state index contributed by atoms with van der Waals surface area (Å²) in [6.45, 7) is 4.24. The Kier molecular flexibility index (Phi) is 5.41. The van der Waals surface area contributed by atoms with Crippen LogP contribution < -0.4 is 10.2 Å². The van der Waals surface area contributed by atoms with Gasteiger partial charge in [0, 0.05) is 30.0 Å². The van der Waals surface area contributed by atoms with Crippen LogP contribution in [0.25, 0.3) is 5.82 Å². The predicted molar refractivity (Wildman–Crippen MR) is 132 cm³/mol. The molecule has 1 fully saturated rings. The SMILES string of the molecule is Cc1ccc(N2C(=S)N[C@@H](c3ccccn3)[C@@H]2c2cccn2-c2ccc(Cl)cn2)cc1C. The van der Waals surface area contributed by atoms with Crippen molar-refractivity contribution in [3.63, 3.8) is 0 Å². The van der Waals surface area contributed by atoms with Crippen LogP contribution in [0, 0.1) is 13.8 Å². The predicted octanol–water partition coefficient (Wildman–Crippen LogP) is 5.71. The number of anilines is 1. The van der Waals surface area contributed by atoms with Gasteiger partial charge in [-0.15, -0.1) is 0 Å². The minimum absolute atomic E-state index is 0.119. The third kappa shape index (κ3) is 3.66. The quantitative estimate of drug-likeness (QED) is 0.396. The van der Waals surface area contributed by atoms with Gasteiger partial charge in [0.25, 0.3) is 0 Å². The smallest absolute Gasteiger partial charge is 0.174 e. The van der Waals surface area contributed by atoms with E-state index in [0.717, 1.165) is 22.9 Å². The number of benzene rings is 1. The van der Waals surface area contributed by atoms with Gasteiger partial charge in [-0.25, -0.2) is 4.98 Å². The third-order valence-electron chi connectivity index (χ3n) is 5.91. The van der Waals surface area contributed by atoms with Gasteiger partial charge >= 0.3 is 0 Å². The van der Waals surface area contributed by atoms with E-state index in [-0.39, 0.29) is 12.1 Å². The zero-order chi connectivity index (χ0) is 22.2. The van der Waals surface area contributed by atoms with Gasteiger partial charge in [-0.2, -0.15) is 0 Å². The van der Waals surface area contributed by atoms with Crippen LogP contribution in [0.2, 0.25) is 5.02 Å². The fraction of sp³-hybridized carbons (Fsp3) is 0.160. The van der Waals surface area contributed by atoms with E-state index >= 15 is 0 Å². The molecule has 5 rings (SSSR count). The number of nitrogens with zero attached hydrogens (tertiary/aromatic N) is 4. The van der Waals surface area contributed by atoms with Crippen LogP contribution in [0.15, 0.2) is 79.3 Å². The molecule has 1 aromatic carbocycles. The number of pyridine rings is 2. The fourth-order valence-electron chi connectivity index (χ4n) is 4.16. The number of thiocarbonyl (C=S) groups is 1. The van der Waals surface area contributed by atoms with Gasteiger partial charge in [-0.3, -0.25) is 4.98 Å². The van der Waals surface area contributed by atoms with E-state index in [4.69, 9.17) is 23.8 Å². The van der Waals surface area contributed by atoms with E-state index in [9.17, 15) is 0 Å². The first kappa shape index (κ1) is 20.7. The lowest BCUT2D eigenvalue weighted by Gasteiger charge is -2.29. The van der Waals surface area contributed by atoms with Crippen LogP contribution in [0.3, 0.4) is 0 Å². The van der Waals surface area contributed by atoms with Gasteiger partial charge in [0.15, 0.2) is 5.11 Å². The molecule has 1 aliphatic heterocycles. The van der Waals surface area contributed by atoms with E-state index in [1.807, 2.05) is 48.8 Å². The molecule has 0 aliphatic carbocycles. The summed E-state index contributed by atoms with van der Waals surface area (Å²) in [5, 5.41) is 4.80. The van der Waals surface area contributed by atoms with Crippen molar-refractivity contribution in [3.05, 3.63) is 107 Å². The van der Waals surface area contributed by atoms with Crippen LogP contribution in [0.4, 0.5) is 5.69 Å². The van der Waals surface area contributed by atoms with Crippen molar-refractivity contribution in [2.24, 2.45) is 0 Å². The Labute approximate surface area is 197 Å². The van der Waals surface area contributed by atoms with Crippen LogP contribution in [0.5, 0.6) is 0 Å². The molecule has 32 heavy (non-hydrogen) atoms. The Morgan fingerprint density at radius 2 is 1.84 bits per heavy atom. The van der Waals surface area contributed by atoms with Gasteiger partial charge < -0.3 is 14.8 Å². The Balaban J connectivity index is 1.67. The molecule has 4 heterocycles. The molecule has 4 aromatic rings. The summed E-state index contributed by atoms with van der Waals surface area (Å²) in [4.78, 5) is 11.4. The highest BCUT2D eigenvalue weighted by atomic mass is 35.5. The monoisotopic (exact) mass is 459 g/mol. The summed E-state index contributed by atoms with van der Waals surface area (Å²) in [5.41, 5.74) is 5.51. The maximum absolute atomic E-state index is 6.08. The maximum atomic E-state index is 6.08. The maximum Gasteiger partial charge on any atom is 0.174 e. The van der Waals surface area contributed by atoms with Gasteiger partial charge in [-0.1, -0.05) is 23.7 Å². The van der Waals surface area contributed by atoms with E-state index in [1.165, 1.54) is 11.1 Å². The van der Waals surface area contributed by atoms with E-state index in [1.54, 1.807) is 6.20 Å². The molecule has 160 valence electrons. The Hall–Kier alpha value is -3.22. The van der Waals surface area contributed by atoms with Crippen molar-refractivity contribution in [1.29, 1.82) is 0 Å². The molecule has 1 saturated heterocycles. The molecule has 0 saturated carbocycles. The molecule has 0 unspecified atom stereocenters. The number of hydrogen-bond acceptors (Lipinski definition) is 3. The van der Waals surface area contributed by atoms with Crippen molar-refractivity contribution < 1.29 is 0 Å². The molecule has 0 radical (unpaired) electrons. The lowest BCUT2D eigenvalue weighted by Crippen LogP contribution is -2.30. The highest BCUT2D eigenvalue weighted by Crippen LogP contribution is 2.42. The molecular formula is C25H22ClN5S. The second-order valence-corrected chi connectivity index (χ2v) is 8.73. The number of rotatable bonds is 4. The van der Waals surface area contributed by atoms with Crippen molar-refractivity contribution >= 4 is 34.6 Å². The minimum atomic E-state index is -0.119. The van der Waals surface area contributed by atoms with Gasteiger partial charge in [0.1, 0.15) is 11.9 Å². The standard InChI is InChI=1S/C25H22ClN5S/c1-16-8-10-19(14-17(16)2)31-24(23(29-25(31)32)20-6-3-4-12-27-20)21-7-5-13-30(21)22-11-9-18(26)15-28-22/h3-15,23-24H,1-2H3,(H,29,32)/t23-,24-/m0/s1. The number of hydrogen-bond donors (Lipinski definition) is 1. The molecule has 5 nitrogen and oxygen atoms in total. The fourth-order valence-corrected chi connectivity index (χ4v) is 4.62. The van der Waals surface area contributed by atoms with Crippen LogP contribution >= 0.6 is 23.8 Å². The molecule has 1 aliphatic rings. The molecule has 0 spiro atoms. The lowest BCUT2D eigenvalue weighted by atomic mass is 10.00. The number of halogens is 1. The molecule has 3 aromatic heterocycles. The van der Waals surface area contributed by atoms with Gasteiger partial charge in [0.2, 0.25) is 0 Å². The summed E-state index contributed by atoms with van der Waals surface area (Å²) in [7, 11) is 0. The number of nitrogens with one attached hydrogen (secondary N) is 1. The first-order valence-electron chi connectivity index (χ1n) is 10.4. The Morgan fingerprint density at radius 3 is 2.56 bits per heavy atom. The lowest BCUT2D eigenvalue weighted by molar-refractivity contribution is 0.548. The second kappa shape index (κ2) is 8.37. The van der Waals surface area contributed by atoms with Crippen LogP contribution in [0.1, 0.15) is 34.6 Å². The molecule has 0 amide bonds. The average Bonchev–Trinajstić information content (AvgIpc) is 3.41. The second-order valence-electron chi connectivity index (χ2n) is 7.90. The summed E-state index contributed by atoms with van der Waals surface area (Å²) in [6, 6.07) is 20.1. The van der Waals surface area contributed by atoms with Gasteiger partial charge in [0.05, 0.1) is 16.8 Å². The first-order valence-corrected chi connectivity index (χ1v) is 11.2. The molecule has 2 atom stereocenters. The summed E-state index contributed by atoms with van der Waals surface area (Å²) in [5.74, 6) is 0.798. The first-order chi connectivity index (χ1) is 15.5. The largest absolute Gasteiger partial charge is 0.351 e. The van der Waals surface area contributed by atoms with Crippen molar-refractivity contribution in [2.45, 2.75) is 25.9 Å². The summed E-state index contributed by atoms with van der Waals surface area (Å²) < 4.78 is 2.08. The van der Waals surface area contributed by atoms with E-state index < -0.39 is 0 Å². The Bertz CT molecular complexity index is 1270. The van der Waals surface area contributed by atoms with Crippen LogP contribution in [-0.4, -0.2) is 19.6 Å². The van der Waals surface area contributed by atoms with Gasteiger partial charge in [-0.05, 0) is 85.7 Å². The van der Waals surface area contributed by atoms with Crippen molar-refractivity contribution in [1.82, 2.24) is 19.9 Å². The number of aromatic nitrogens is 3. The molecule has 7 heteroatoms. The van der Waals surface area contributed by atoms with E-state index in [2.05, 4.69) is 62.9 Å². The zero-order valence-electron chi connectivity index (χ0n) is 17.7. The highest BCUT2D eigenvalue weighted by molar-refractivity contribution is 7.80. The topological polar surface area (TPSA) is 46.0 Å². The number of aryl methyl sites for hydroxylation is 2. The van der Waals surface area contributed by atoms with Crippen molar-refractivity contribution in [3.8, 4) is 5.82 Å². The minimum Gasteiger partial charge on any atom is -0.351 e. The molecule has 0 bridgehead atoms. The third-order valence-corrected chi connectivity index (χ3v) is 6.45. The summed E-state index contributed by atoms with van der Waals surface area (Å²) >= 11 is 11.9. The normalized spacial score (nSPS) is 18.1. The highest BCUT2D eigenvalue weighted by Gasteiger charge is 2.42. The zero-order valence-corrected chi connectivity index (χ0v) is 19.3.